The molecule has 0 aliphatic carbocycles. The second kappa shape index (κ2) is 6.57. The van der Waals surface area contributed by atoms with Crippen LogP contribution in [-0.4, -0.2) is 37.7 Å². The molecule has 18 heavy (non-hydrogen) atoms. The van der Waals surface area contributed by atoms with Crippen LogP contribution in [0.5, 0.6) is 5.75 Å². The Kier molecular flexibility index (Phi) is 4.79. The van der Waals surface area contributed by atoms with E-state index >= 15 is 0 Å². The van der Waals surface area contributed by atoms with Crippen LogP contribution in [0.1, 0.15) is 12.5 Å². The topological polar surface area (TPSA) is 24.5 Å². The highest BCUT2D eigenvalue weighted by Gasteiger charge is 2.14. The molecule has 1 aromatic carbocycles. The number of nitrogens with zero attached hydrogens (tertiary/aromatic N) is 1. The lowest BCUT2D eigenvalue weighted by Crippen LogP contribution is -2.30. The summed E-state index contributed by atoms with van der Waals surface area (Å²) < 4.78 is 5.75. The minimum absolute atomic E-state index is 0.755. The molecule has 1 aromatic rings. The molecule has 0 bridgehead atoms. The predicted octanol–water partition coefficient (Wildman–Crippen LogP) is 2.05. The first-order chi connectivity index (χ1) is 8.79. The van der Waals surface area contributed by atoms with Crippen LogP contribution in [-0.2, 0) is 6.54 Å². The van der Waals surface area contributed by atoms with Gasteiger partial charge in [0.1, 0.15) is 12.4 Å². The summed E-state index contributed by atoms with van der Waals surface area (Å²) >= 11 is 0. The van der Waals surface area contributed by atoms with E-state index in [1.54, 1.807) is 0 Å². The van der Waals surface area contributed by atoms with E-state index in [1.165, 1.54) is 11.1 Å². The molecular formula is C15H22N2O. The van der Waals surface area contributed by atoms with Gasteiger partial charge in [-0.15, -0.1) is 0 Å². The first-order valence-corrected chi connectivity index (χ1v) is 6.60. The van der Waals surface area contributed by atoms with Gasteiger partial charge in [0, 0.05) is 31.7 Å². The second-order valence-corrected chi connectivity index (χ2v) is 4.70. The first-order valence-electron chi connectivity index (χ1n) is 6.60. The standard InChI is InChI=1S/C15H22N2O/c1-3-16-10-13(2)11-17-8-9-18-15-7-5-4-6-14(15)12-17/h4-7,16H,2-3,8-12H2,1H3. The Hall–Kier alpha value is -1.32. The molecule has 0 spiro atoms. The normalized spacial score (nSPS) is 15.6. The predicted molar refractivity (Wildman–Crippen MR) is 74.9 cm³/mol. The van der Waals surface area contributed by atoms with Gasteiger partial charge in [0.05, 0.1) is 0 Å². The van der Waals surface area contributed by atoms with Crippen LogP contribution in [0.25, 0.3) is 0 Å². The lowest BCUT2D eigenvalue weighted by molar-refractivity contribution is 0.238. The number of fused-ring (bicyclic) bond motifs is 1. The van der Waals surface area contributed by atoms with E-state index in [0.717, 1.165) is 45.1 Å². The smallest absolute Gasteiger partial charge is 0.123 e. The van der Waals surface area contributed by atoms with Crippen molar-refractivity contribution < 1.29 is 4.74 Å². The molecule has 0 fully saturated rings. The zero-order valence-electron chi connectivity index (χ0n) is 11.1. The molecule has 2 rings (SSSR count). The molecule has 0 aromatic heterocycles. The van der Waals surface area contributed by atoms with Crippen LogP contribution < -0.4 is 10.1 Å². The molecule has 0 unspecified atom stereocenters. The summed E-state index contributed by atoms with van der Waals surface area (Å²) in [5.74, 6) is 1.03. The minimum atomic E-state index is 0.755. The Bertz CT molecular complexity index is 403. The van der Waals surface area contributed by atoms with Crippen molar-refractivity contribution >= 4 is 0 Å². The van der Waals surface area contributed by atoms with Crippen LogP contribution in [0, 0.1) is 0 Å². The summed E-state index contributed by atoms with van der Waals surface area (Å²) in [6.07, 6.45) is 0. The highest BCUT2D eigenvalue weighted by molar-refractivity contribution is 5.33. The van der Waals surface area contributed by atoms with Gasteiger partial charge in [-0.2, -0.15) is 0 Å². The van der Waals surface area contributed by atoms with E-state index in [9.17, 15) is 0 Å². The number of ether oxygens (including phenoxy) is 1. The highest BCUT2D eigenvalue weighted by atomic mass is 16.5. The molecule has 0 atom stereocenters. The van der Waals surface area contributed by atoms with Gasteiger partial charge >= 0.3 is 0 Å². The highest BCUT2D eigenvalue weighted by Crippen LogP contribution is 2.22. The van der Waals surface area contributed by atoms with E-state index in [1.807, 2.05) is 12.1 Å². The third kappa shape index (κ3) is 3.59. The molecule has 1 heterocycles. The largest absolute Gasteiger partial charge is 0.492 e. The van der Waals surface area contributed by atoms with Crippen LogP contribution in [0.4, 0.5) is 0 Å². The van der Waals surface area contributed by atoms with Crippen LogP contribution in [0.15, 0.2) is 36.4 Å². The van der Waals surface area contributed by atoms with Gasteiger partial charge < -0.3 is 10.1 Å². The van der Waals surface area contributed by atoms with E-state index in [-0.39, 0.29) is 0 Å². The van der Waals surface area contributed by atoms with Gasteiger partial charge in [0.2, 0.25) is 0 Å². The van der Waals surface area contributed by atoms with Crippen LogP contribution in [0.2, 0.25) is 0 Å². The molecule has 1 aliphatic heterocycles. The summed E-state index contributed by atoms with van der Waals surface area (Å²) in [4.78, 5) is 2.39. The van der Waals surface area contributed by atoms with E-state index < -0.39 is 0 Å². The molecule has 1 N–H and O–H groups in total. The molecule has 0 saturated heterocycles. The summed E-state index contributed by atoms with van der Waals surface area (Å²) in [5, 5.41) is 3.31. The molecule has 3 nitrogen and oxygen atoms in total. The van der Waals surface area contributed by atoms with Gasteiger partial charge in [-0.3, -0.25) is 4.90 Å². The Morgan fingerprint density at radius 1 is 1.44 bits per heavy atom. The molecule has 98 valence electrons. The fraction of sp³-hybridized carbons (Fsp3) is 0.467. The number of benzene rings is 1. The minimum Gasteiger partial charge on any atom is -0.492 e. The summed E-state index contributed by atoms with van der Waals surface area (Å²) in [7, 11) is 0. The Balaban J connectivity index is 1.93. The van der Waals surface area contributed by atoms with Gasteiger partial charge in [-0.1, -0.05) is 31.7 Å². The Morgan fingerprint density at radius 3 is 3.11 bits per heavy atom. The number of hydrogen-bond acceptors (Lipinski definition) is 3. The number of para-hydroxylation sites is 1. The lowest BCUT2D eigenvalue weighted by atomic mass is 10.2. The Labute approximate surface area is 109 Å². The van der Waals surface area contributed by atoms with Crippen molar-refractivity contribution in [1.82, 2.24) is 10.2 Å². The van der Waals surface area contributed by atoms with E-state index in [0.29, 0.717) is 0 Å². The zero-order valence-corrected chi connectivity index (χ0v) is 11.1. The quantitative estimate of drug-likeness (QED) is 0.805. The number of rotatable bonds is 5. The molecule has 1 aliphatic rings. The summed E-state index contributed by atoms with van der Waals surface area (Å²) in [6.45, 7) is 11.7. The molecule has 0 saturated carbocycles. The SMILES string of the molecule is C=C(CNCC)CN1CCOc2ccccc2C1. The molecule has 0 radical (unpaired) electrons. The average molecular weight is 246 g/mol. The van der Waals surface area contributed by atoms with Crippen molar-refractivity contribution in [3.8, 4) is 5.75 Å². The fourth-order valence-electron chi connectivity index (χ4n) is 2.19. The average Bonchev–Trinajstić information content (AvgIpc) is 2.57. The third-order valence-corrected chi connectivity index (χ3v) is 3.10. The summed E-state index contributed by atoms with van der Waals surface area (Å²) in [5.41, 5.74) is 2.50. The zero-order chi connectivity index (χ0) is 12.8. The van der Waals surface area contributed by atoms with Gasteiger partial charge in [0.15, 0.2) is 0 Å². The monoisotopic (exact) mass is 246 g/mol. The second-order valence-electron chi connectivity index (χ2n) is 4.70. The van der Waals surface area contributed by atoms with Crippen molar-refractivity contribution in [2.45, 2.75) is 13.5 Å². The van der Waals surface area contributed by atoms with Gasteiger partial charge in [0.25, 0.3) is 0 Å². The van der Waals surface area contributed by atoms with Gasteiger partial charge in [-0.25, -0.2) is 0 Å². The van der Waals surface area contributed by atoms with Crippen molar-refractivity contribution in [2.75, 3.05) is 32.8 Å². The number of likely N-dealkylation sites (N-methyl/N-ethyl adjacent to an activating group) is 1. The maximum absolute atomic E-state index is 5.75. The fourth-order valence-corrected chi connectivity index (χ4v) is 2.19. The van der Waals surface area contributed by atoms with Crippen molar-refractivity contribution in [3.05, 3.63) is 42.0 Å². The first kappa shape index (κ1) is 13.1. The van der Waals surface area contributed by atoms with E-state index in [4.69, 9.17) is 4.74 Å². The lowest BCUT2D eigenvalue weighted by Gasteiger charge is -2.20. The van der Waals surface area contributed by atoms with Crippen LogP contribution in [0.3, 0.4) is 0 Å². The molecular weight excluding hydrogens is 224 g/mol. The van der Waals surface area contributed by atoms with Crippen LogP contribution >= 0.6 is 0 Å². The number of hydrogen-bond donors (Lipinski definition) is 1. The van der Waals surface area contributed by atoms with Crippen molar-refractivity contribution in [3.63, 3.8) is 0 Å². The third-order valence-electron chi connectivity index (χ3n) is 3.10. The number of nitrogens with one attached hydrogen (secondary N) is 1. The Morgan fingerprint density at radius 2 is 2.28 bits per heavy atom. The van der Waals surface area contributed by atoms with Gasteiger partial charge in [-0.05, 0) is 18.2 Å². The maximum Gasteiger partial charge on any atom is 0.123 e. The summed E-state index contributed by atoms with van der Waals surface area (Å²) in [6, 6.07) is 8.28. The van der Waals surface area contributed by atoms with Crippen molar-refractivity contribution in [1.29, 1.82) is 0 Å². The maximum atomic E-state index is 5.75. The molecule has 0 amide bonds. The van der Waals surface area contributed by atoms with Crippen molar-refractivity contribution in [2.24, 2.45) is 0 Å². The van der Waals surface area contributed by atoms with E-state index in [2.05, 4.69) is 35.9 Å². The molecule has 3 heteroatoms.